The van der Waals surface area contributed by atoms with Crippen LogP contribution in [0.5, 0.6) is 0 Å². The first-order valence-electron chi connectivity index (χ1n) is 6.74. The van der Waals surface area contributed by atoms with Crippen molar-refractivity contribution in [2.24, 2.45) is 0 Å². The van der Waals surface area contributed by atoms with Crippen LogP contribution in [0.2, 0.25) is 0 Å². The van der Waals surface area contributed by atoms with Crippen LogP contribution in [0.4, 0.5) is 8.78 Å². The van der Waals surface area contributed by atoms with Gasteiger partial charge in [-0.1, -0.05) is 18.2 Å². The van der Waals surface area contributed by atoms with E-state index >= 15 is 0 Å². The maximum atomic E-state index is 14.3. The van der Waals surface area contributed by atoms with E-state index in [2.05, 4.69) is 30.7 Å². The minimum atomic E-state index is -1.78. The molecule has 3 rings (SSSR count). The highest BCUT2D eigenvalue weighted by Gasteiger charge is 2.41. The number of halogens is 2. The van der Waals surface area contributed by atoms with E-state index in [0.717, 1.165) is 6.07 Å². The molecule has 23 heavy (non-hydrogen) atoms. The molecule has 2 N–H and O–H groups in total. The molecule has 0 aliphatic rings. The lowest BCUT2D eigenvalue weighted by atomic mass is 9.81. The van der Waals surface area contributed by atoms with E-state index < -0.39 is 23.2 Å². The van der Waals surface area contributed by atoms with E-state index in [0.29, 0.717) is 6.07 Å². The summed E-state index contributed by atoms with van der Waals surface area (Å²) in [5.74, 6) is -2.16. The van der Waals surface area contributed by atoms with Crippen molar-refractivity contribution in [3.8, 4) is 0 Å². The lowest BCUT2D eigenvalue weighted by Crippen LogP contribution is -2.38. The summed E-state index contributed by atoms with van der Waals surface area (Å²) in [6, 6.07) is 2.98. The van der Waals surface area contributed by atoms with Gasteiger partial charge in [0.15, 0.2) is 5.82 Å². The molecule has 2 heterocycles. The molecule has 0 bridgehead atoms. The summed E-state index contributed by atoms with van der Waals surface area (Å²) < 4.78 is 28.8. The standard InChI is InChI=1S/C13H13F2N7O/c1-8(12-18-20-21-19-12)13(23,5-22-7-16-6-17-22)10-3-2-9(14)4-11(10)15/h2-4,6-8,23H,5H2,1H3,(H,18,19,20,21)/t8-,13+/m0/s1. The summed E-state index contributed by atoms with van der Waals surface area (Å²) in [7, 11) is 0. The van der Waals surface area contributed by atoms with Crippen LogP contribution in [0.15, 0.2) is 30.9 Å². The summed E-state index contributed by atoms with van der Waals surface area (Å²) in [5.41, 5.74) is -1.87. The van der Waals surface area contributed by atoms with Crippen molar-refractivity contribution in [2.75, 3.05) is 0 Å². The fourth-order valence-corrected chi connectivity index (χ4v) is 2.42. The van der Waals surface area contributed by atoms with Crippen molar-refractivity contribution in [1.29, 1.82) is 0 Å². The monoisotopic (exact) mass is 321 g/mol. The van der Waals surface area contributed by atoms with Gasteiger partial charge in [0, 0.05) is 11.6 Å². The van der Waals surface area contributed by atoms with Crippen molar-refractivity contribution in [2.45, 2.75) is 25.0 Å². The minimum Gasteiger partial charge on any atom is -0.382 e. The Morgan fingerprint density at radius 3 is 2.83 bits per heavy atom. The van der Waals surface area contributed by atoms with Gasteiger partial charge in [0.2, 0.25) is 0 Å². The summed E-state index contributed by atoms with van der Waals surface area (Å²) in [6.07, 6.45) is 2.68. The number of H-pyrrole nitrogens is 1. The smallest absolute Gasteiger partial charge is 0.180 e. The van der Waals surface area contributed by atoms with E-state index in [9.17, 15) is 13.9 Å². The molecule has 0 aliphatic carbocycles. The van der Waals surface area contributed by atoms with Gasteiger partial charge in [-0.05, 0) is 6.07 Å². The second-order valence-corrected chi connectivity index (χ2v) is 5.13. The lowest BCUT2D eigenvalue weighted by molar-refractivity contribution is -0.0135. The number of tetrazole rings is 1. The predicted octanol–water partition coefficient (Wildman–Crippen LogP) is 0.761. The number of benzene rings is 1. The third-order valence-corrected chi connectivity index (χ3v) is 3.73. The summed E-state index contributed by atoms with van der Waals surface area (Å²) in [6.45, 7) is 1.50. The highest BCUT2D eigenvalue weighted by molar-refractivity contribution is 5.28. The largest absolute Gasteiger partial charge is 0.382 e. The topological polar surface area (TPSA) is 105 Å². The second kappa shape index (κ2) is 5.80. The van der Waals surface area contributed by atoms with Crippen LogP contribution >= 0.6 is 0 Å². The molecule has 0 aliphatic heterocycles. The number of nitrogens with zero attached hydrogens (tertiary/aromatic N) is 6. The summed E-state index contributed by atoms with van der Waals surface area (Å²) in [5, 5.41) is 28.5. The molecule has 2 aromatic heterocycles. The minimum absolute atomic E-state index is 0.0910. The Morgan fingerprint density at radius 1 is 1.39 bits per heavy atom. The van der Waals surface area contributed by atoms with Gasteiger partial charge in [-0.3, -0.25) is 0 Å². The van der Waals surface area contributed by atoms with Crippen LogP contribution in [0.3, 0.4) is 0 Å². The van der Waals surface area contributed by atoms with Crippen molar-refractivity contribution >= 4 is 0 Å². The molecule has 0 saturated heterocycles. The number of hydrogen-bond acceptors (Lipinski definition) is 6. The van der Waals surface area contributed by atoms with Crippen LogP contribution in [-0.4, -0.2) is 40.5 Å². The first-order chi connectivity index (χ1) is 11.0. The van der Waals surface area contributed by atoms with E-state index in [1.165, 1.54) is 23.4 Å². The number of hydrogen-bond donors (Lipinski definition) is 2. The highest BCUT2D eigenvalue weighted by atomic mass is 19.1. The maximum absolute atomic E-state index is 14.3. The highest BCUT2D eigenvalue weighted by Crippen LogP contribution is 2.38. The molecule has 0 spiro atoms. The number of aliphatic hydroxyl groups is 1. The van der Waals surface area contributed by atoms with Gasteiger partial charge in [0.1, 0.15) is 29.9 Å². The average Bonchev–Trinajstić information content (AvgIpc) is 3.19. The second-order valence-electron chi connectivity index (χ2n) is 5.13. The van der Waals surface area contributed by atoms with Crippen LogP contribution in [0, 0.1) is 11.6 Å². The molecule has 10 heteroatoms. The average molecular weight is 321 g/mol. The summed E-state index contributed by atoms with van der Waals surface area (Å²) in [4.78, 5) is 3.80. The van der Waals surface area contributed by atoms with E-state index in [4.69, 9.17) is 0 Å². The molecule has 2 atom stereocenters. The summed E-state index contributed by atoms with van der Waals surface area (Å²) >= 11 is 0. The Balaban J connectivity index is 2.08. The quantitative estimate of drug-likeness (QED) is 0.719. The fourth-order valence-electron chi connectivity index (χ4n) is 2.42. The number of rotatable bonds is 5. The first-order valence-corrected chi connectivity index (χ1v) is 6.74. The van der Waals surface area contributed by atoms with Gasteiger partial charge in [-0.2, -0.15) is 10.3 Å². The number of nitrogens with one attached hydrogen (secondary N) is 1. The molecule has 0 radical (unpaired) electrons. The van der Waals surface area contributed by atoms with Gasteiger partial charge >= 0.3 is 0 Å². The first kappa shape index (κ1) is 15.2. The van der Waals surface area contributed by atoms with Crippen LogP contribution in [-0.2, 0) is 12.1 Å². The Bertz CT molecular complexity index is 778. The number of aromatic amines is 1. The van der Waals surface area contributed by atoms with Crippen molar-refractivity contribution in [1.82, 2.24) is 35.4 Å². The third-order valence-electron chi connectivity index (χ3n) is 3.73. The molecule has 0 amide bonds. The molecule has 3 aromatic rings. The van der Waals surface area contributed by atoms with Gasteiger partial charge in [0.05, 0.1) is 12.5 Å². The van der Waals surface area contributed by atoms with E-state index in [1.54, 1.807) is 6.92 Å². The zero-order valence-electron chi connectivity index (χ0n) is 12.1. The Hall–Kier alpha value is -2.75. The Kier molecular flexibility index (Phi) is 3.82. The molecule has 1 aromatic carbocycles. The van der Waals surface area contributed by atoms with Gasteiger partial charge in [-0.25, -0.2) is 18.4 Å². The molecular weight excluding hydrogens is 308 g/mol. The Labute approximate surface area is 129 Å². The van der Waals surface area contributed by atoms with Gasteiger partial charge in [-0.15, -0.1) is 10.2 Å². The lowest BCUT2D eigenvalue weighted by Gasteiger charge is -2.33. The molecule has 0 unspecified atom stereocenters. The van der Waals surface area contributed by atoms with Crippen LogP contribution in [0.1, 0.15) is 24.2 Å². The number of aromatic nitrogens is 7. The zero-order chi connectivity index (χ0) is 16.4. The molecule has 8 nitrogen and oxygen atoms in total. The van der Waals surface area contributed by atoms with E-state index in [-0.39, 0.29) is 17.9 Å². The zero-order valence-corrected chi connectivity index (χ0v) is 12.1. The molecular formula is C13H13F2N7O. The maximum Gasteiger partial charge on any atom is 0.180 e. The normalized spacial score (nSPS) is 15.3. The third kappa shape index (κ3) is 2.80. The van der Waals surface area contributed by atoms with Gasteiger partial charge < -0.3 is 5.11 Å². The van der Waals surface area contributed by atoms with Crippen LogP contribution in [0.25, 0.3) is 0 Å². The SMILES string of the molecule is C[C@@H](c1nn[nH]n1)[C@](O)(Cn1cncn1)c1ccc(F)cc1F. The van der Waals surface area contributed by atoms with E-state index in [1.807, 2.05) is 0 Å². The molecule has 0 saturated carbocycles. The van der Waals surface area contributed by atoms with Crippen molar-refractivity contribution in [3.63, 3.8) is 0 Å². The van der Waals surface area contributed by atoms with Crippen molar-refractivity contribution in [3.05, 3.63) is 53.9 Å². The van der Waals surface area contributed by atoms with Crippen LogP contribution < -0.4 is 0 Å². The molecule has 0 fully saturated rings. The van der Waals surface area contributed by atoms with Gasteiger partial charge in [0.25, 0.3) is 0 Å². The predicted molar refractivity (Wildman–Crippen MR) is 72.9 cm³/mol. The Morgan fingerprint density at radius 2 is 2.22 bits per heavy atom. The van der Waals surface area contributed by atoms with Crippen molar-refractivity contribution < 1.29 is 13.9 Å². The molecule has 120 valence electrons. The fraction of sp³-hybridized carbons (Fsp3) is 0.308.